The number of halogens is 1. The van der Waals surface area contributed by atoms with Gasteiger partial charge < -0.3 is 9.72 Å². The van der Waals surface area contributed by atoms with Gasteiger partial charge in [-0.2, -0.15) is 0 Å². The van der Waals surface area contributed by atoms with Crippen molar-refractivity contribution in [2.24, 2.45) is 0 Å². The monoisotopic (exact) mass is 365 g/mol. The average molecular weight is 365 g/mol. The molecule has 1 N–H and O–H groups in total. The summed E-state index contributed by atoms with van der Waals surface area (Å²) in [6.07, 6.45) is 3.69. The van der Waals surface area contributed by atoms with Crippen LogP contribution in [-0.2, 0) is 0 Å². The number of hydrogen-bond donors (Lipinski definition) is 1. The molecule has 0 bridgehead atoms. The van der Waals surface area contributed by atoms with Crippen molar-refractivity contribution in [1.29, 1.82) is 0 Å². The second kappa shape index (κ2) is 4.80. The molecule has 0 aliphatic rings. The smallest absolute Gasteiger partial charge is 0.213 e. The Bertz CT molecular complexity index is 752. The first-order valence-corrected chi connectivity index (χ1v) is 6.90. The van der Waals surface area contributed by atoms with Gasteiger partial charge in [-0.1, -0.05) is 0 Å². The molecule has 0 saturated carbocycles. The predicted octanol–water partition coefficient (Wildman–Crippen LogP) is 3.55. The first kappa shape index (κ1) is 12.4. The molecule has 0 unspecified atom stereocenters. The second-order valence-corrected chi connectivity index (χ2v) is 5.48. The van der Waals surface area contributed by atoms with Crippen LogP contribution in [0.2, 0.25) is 0 Å². The van der Waals surface area contributed by atoms with Crippen molar-refractivity contribution in [2.75, 3.05) is 7.11 Å². The number of nitrogens with zero attached hydrogens (tertiary/aromatic N) is 2. The Morgan fingerprint density at radius 2 is 2.00 bits per heavy atom. The van der Waals surface area contributed by atoms with Crippen molar-refractivity contribution in [2.45, 2.75) is 6.92 Å². The molecule has 0 radical (unpaired) electrons. The lowest BCUT2D eigenvalue weighted by atomic mass is 10.0. The van der Waals surface area contributed by atoms with E-state index in [1.807, 2.05) is 25.4 Å². The first-order valence-electron chi connectivity index (χ1n) is 5.82. The van der Waals surface area contributed by atoms with Crippen LogP contribution >= 0.6 is 22.6 Å². The highest BCUT2D eigenvalue weighted by atomic mass is 127. The molecule has 4 nitrogen and oxygen atoms in total. The third-order valence-corrected chi connectivity index (χ3v) is 3.62. The van der Waals surface area contributed by atoms with Gasteiger partial charge in [0.25, 0.3) is 0 Å². The molecule has 19 heavy (non-hydrogen) atoms. The van der Waals surface area contributed by atoms with Gasteiger partial charge in [-0.25, -0.2) is 9.97 Å². The third-order valence-electron chi connectivity index (χ3n) is 3.04. The van der Waals surface area contributed by atoms with Gasteiger partial charge in [0.2, 0.25) is 5.88 Å². The van der Waals surface area contributed by atoms with E-state index in [1.165, 1.54) is 0 Å². The summed E-state index contributed by atoms with van der Waals surface area (Å²) in [4.78, 5) is 11.9. The maximum Gasteiger partial charge on any atom is 0.213 e. The Morgan fingerprint density at radius 1 is 1.16 bits per heavy atom. The van der Waals surface area contributed by atoms with Crippen LogP contribution in [0.15, 0.2) is 30.6 Å². The summed E-state index contributed by atoms with van der Waals surface area (Å²) >= 11 is 2.25. The highest BCUT2D eigenvalue weighted by molar-refractivity contribution is 14.1. The van der Waals surface area contributed by atoms with Crippen molar-refractivity contribution < 1.29 is 4.74 Å². The number of rotatable bonds is 2. The summed E-state index contributed by atoms with van der Waals surface area (Å²) < 4.78 is 6.21. The van der Waals surface area contributed by atoms with Gasteiger partial charge in [-0.05, 0) is 47.2 Å². The SMILES string of the molecule is COc1cc(C)c(-c2cnc3[nH]c(I)cc3c2)cn1. The van der Waals surface area contributed by atoms with E-state index in [2.05, 4.69) is 49.7 Å². The molecule has 0 aliphatic heterocycles. The number of methoxy groups -OCH3 is 1. The van der Waals surface area contributed by atoms with Crippen LogP contribution in [0.1, 0.15) is 5.56 Å². The maximum absolute atomic E-state index is 5.13. The molecule has 96 valence electrons. The highest BCUT2D eigenvalue weighted by Crippen LogP contribution is 2.27. The Balaban J connectivity index is 2.12. The van der Waals surface area contributed by atoms with Crippen LogP contribution in [-0.4, -0.2) is 22.1 Å². The van der Waals surface area contributed by atoms with E-state index >= 15 is 0 Å². The van der Waals surface area contributed by atoms with Crippen molar-refractivity contribution in [3.8, 4) is 17.0 Å². The molecule has 0 aromatic carbocycles. The predicted molar refractivity (Wildman–Crippen MR) is 83.3 cm³/mol. The molecule has 3 aromatic heterocycles. The number of aryl methyl sites for hydroxylation is 1. The zero-order valence-corrected chi connectivity index (χ0v) is 12.7. The minimum absolute atomic E-state index is 0.631. The van der Waals surface area contributed by atoms with Crippen LogP contribution in [0.4, 0.5) is 0 Å². The molecule has 3 heterocycles. The normalized spacial score (nSPS) is 10.9. The van der Waals surface area contributed by atoms with E-state index in [-0.39, 0.29) is 0 Å². The van der Waals surface area contributed by atoms with E-state index in [0.29, 0.717) is 5.88 Å². The number of pyridine rings is 2. The van der Waals surface area contributed by atoms with Crippen LogP contribution < -0.4 is 4.74 Å². The van der Waals surface area contributed by atoms with Crippen molar-refractivity contribution in [3.63, 3.8) is 0 Å². The number of hydrogen-bond acceptors (Lipinski definition) is 3. The fraction of sp³-hybridized carbons (Fsp3) is 0.143. The molecule has 0 amide bonds. The lowest BCUT2D eigenvalue weighted by Crippen LogP contribution is -1.91. The van der Waals surface area contributed by atoms with Crippen molar-refractivity contribution in [3.05, 3.63) is 39.9 Å². The Kier molecular flexibility index (Phi) is 3.14. The summed E-state index contributed by atoms with van der Waals surface area (Å²) in [5.74, 6) is 0.631. The molecule has 5 heteroatoms. The minimum Gasteiger partial charge on any atom is -0.481 e. The fourth-order valence-corrected chi connectivity index (χ4v) is 2.66. The maximum atomic E-state index is 5.13. The molecule has 3 aromatic rings. The van der Waals surface area contributed by atoms with Crippen LogP contribution in [0.25, 0.3) is 22.2 Å². The molecular weight excluding hydrogens is 353 g/mol. The minimum atomic E-state index is 0.631. The molecular formula is C14H12IN3O. The summed E-state index contributed by atoms with van der Waals surface area (Å²) in [6.45, 7) is 2.05. The Labute approximate surface area is 124 Å². The Hall–Kier alpha value is -1.63. The Morgan fingerprint density at radius 3 is 2.74 bits per heavy atom. The summed E-state index contributed by atoms with van der Waals surface area (Å²) in [5, 5.41) is 1.11. The highest BCUT2D eigenvalue weighted by Gasteiger charge is 2.07. The standard InChI is InChI=1S/C14H12IN3O/c1-8-3-13(19-2)16-7-11(8)10-4-9-5-12(15)18-14(9)17-6-10/h3-7H,1-2H3,(H,17,18). The summed E-state index contributed by atoms with van der Waals surface area (Å²) in [7, 11) is 1.62. The number of aromatic nitrogens is 3. The van der Waals surface area contributed by atoms with E-state index in [9.17, 15) is 0 Å². The molecule has 0 fully saturated rings. The van der Waals surface area contributed by atoms with Gasteiger partial charge in [0.15, 0.2) is 0 Å². The van der Waals surface area contributed by atoms with Gasteiger partial charge in [-0.15, -0.1) is 0 Å². The lowest BCUT2D eigenvalue weighted by Gasteiger charge is -2.07. The van der Waals surface area contributed by atoms with Gasteiger partial charge in [0.05, 0.1) is 10.8 Å². The third kappa shape index (κ3) is 2.30. The lowest BCUT2D eigenvalue weighted by molar-refractivity contribution is 0.397. The zero-order chi connectivity index (χ0) is 13.4. The molecule has 0 atom stereocenters. The molecule has 0 saturated heterocycles. The number of fused-ring (bicyclic) bond motifs is 1. The number of H-pyrrole nitrogens is 1. The van der Waals surface area contributed by atoms with E-state index in [4.69, 9.17) is 4.74 Å². The van der Waals surface area contributed by atoms with Gasteiger partial charge in [-0.3, -0.25) is 0 Å². The molecule has 3 rings (SSSR count). The number of aromatic amines is 1. The van der Waals surface area contributed by atoms with Gasteiger partial charge in [0, 0.05) is 35.0 Å². The van der Waals surface area contributed by atoms with Gasteiger partial charge in [0.1, 0.15) is 5.65 Å². The average Bonchev–Trinajstić information content (AvgIpc) is 2.77. The van der Waals surface area contributed by atoms with Gasteiger partial charge >= 0.3 is 0 Å². The number of ether oxygens (including phenoxy) is 1. The zero-order valence-electron chi connectivity index (χ0n) is 10.6. The fourth-order valence-electron chi connectivity index (χ4n) is 2.07. The van der Waals surface area contributed by atoms with Crippen LogP contribution in [0, 0.1) is 10.6 Å². The van der Waals surface area contributed by atoms with Crippen LogP contribution in [0.5, 0.6) is 5.88 Å². The largest absolute Gasteiger partial charge is 0.481 e. The molecule has 0 aliphatic carbocycles. The summed E-state index contributed by atoms with van der Waals surface area (Å²) in [5.41, 5.74) is 4.17. The quantitative estimate of drug-likeness (QED) is 0.707. The number of nitrogens with one attached hydrogen (secondary N) is 1. The van der Waals surface area contributed by atoms with E-state index in [0.717, 1.165) is 31.4 Å². The van der Waals surface area contributed by atoms with Crippen molar-refractivity contribution in [1.82, 2.24) is 15.0 Å². The van der Waals surface area contributed by atoms with Crippen molar-refractivity contribution >= 4 is 33.6 Å². The molecule has 0 spiro atoms. The first-order chi connectivity index (χ1) is 9.17. The topological polar surface area (TPSA) is 50.8 Å². The van der Waals surface area contributed by atoms with Crippen LogP contribution in [0.3, 0.4) is 0 Å². The van der Waals surface area contributed by atoms with E-state index in [1.54, 1.807) is 7.11 Å². The second-order valence-electron chi connectivity index (χ2n) is 4.32. The summed E-state index contributed by atoms with van der Waals surface area (Å²) in [6, 6.07) is 6.14. The van der Waals surface area contributed by atoms with E-state index < -0.39 is 0 Å².